The quantitative estimate of drug-likeness (QED) is 0.519. The average molecular weight is 382 g/mol. The van der Waals surface area contributed by atoms with Gasteiger partial charge in [0.2, 0.25) is 5.78 Å². The van der Waals surface area contributed by atoms with E-state index in [1.165, 1.54) is 29.7 Å². The monoisotopic (exact) mass is 382 g/mol. The summed E-state index contributed by atoms with van der Waals surface area (Å²) < 4.78 is 2.32. The topological polar surface area (TPSA) is 63.6 Å². The number of nitrogens with zero attached hydrogens (tertiary/aromatic N) is 3. The molecule has 4 aromatic rings. The predicted molar refractivity (Wildman–Crippen MR) is 112 cm³/mol. The van der Waals surface area contributed by atoms with Gasteiger partial charge >= 0.3 is 0 Å². The van der Waals surface area contributed by atoms with Gasteiger partial charge in [-0.05, 0) is 42.9 Å². The number of fused-ring (bicyclic) bond motifs is 1. The molecule has 2 aromatic carbocycles. The van der Waals surface area contributed by atoms with Gasteiger partial charge < -0.3 is 4.57 Å². The summed E-state index contributed by atoms with van der Waals surface area (Å²) >= 11 is 0. The first-order valence-corrected chi connectivity index (χ1v) is 10.1. The molecule has 0 bridgehead atoms. The minimum absolute atomic E-state index is 0.111. The number of ketones is 1. The first-order valence-electron chi connectivity index (χ1n) is 10.1. The van der Waals surface area contributed by atoms with Gasteiger partial charge in [0.15, 0.2) is 5.69 Å². The van der Waals surface area contributed by atoms with Crippen molar-refractivity contribution >= 4 is 5.78 Å². The van der Waals surface area contributed by atoms with Crippen LogP contribution in [-0.4, -0.2) is 25.8 Å². The van der Waals surface area contributed by atoms with Crippen LogP contribution in [0.4, 0.5) is 0 Å². The molecule has 0 saturated carbocycles. The van der Waals surface area contributed by atoms with Gasteiger partial charge in [0.1, 0.15) is 5.69 Å². The van der Waals surface area contributed by atoms with E-state index >= 15 is 0 Å². The minimum atomic E-state index is -0.111. The highest BCUT2D eigenvalue weighted by Crippen LogP contribution is 2.32. The molecule has 0 radical (unpaired) electrons. The van der Waals surface area contributed by atoms with E-state index in [0.29, 0.717) is 17.0 Å². The van der Waals surface area contributed by atoms with Crippen LogP contribution in [0.25, 0.3) is 11.4 Å². The Balaban J connectivity index is 1.61. The van der Waals surface area contributed by atoms with Crippen molar-refractivity contribution < 1.29 is 4.79 Å². The molecular weight excluding hydrogens is 360 g/mol. The number of rotatable bonds is 5. The van der Waals surface area contributed by atoms with Crippen LogP contribution in [0.1, 0.15) is 45.7 Å². The zero-order valence-corrected chi connectivity index (χ0v) is 16.1. The summed E-state index contributed by atoms with van der Waals surface area (Å²) in [5.41, 5.74) is 6.54. The van der Waals surface area contributed by atoms with Gasteiger partial charge in [0, 0.05) is 17.8 Å². The van der Waals surface area contributed by atoms with Crippen LogP contribution in [0.15, 0.2) is 66.7 Å². The summed E-state index contributed by atoms with van der Waals surface area (Å²) in [6.07, 6.45) is 4.53. The van der Waals surface area contributed by atoms with E-state index in [4.69, 9.17) is 0 Å². The van der Waals surface area contributed by atoms with Gasteiger partial charge in [-0.2, -0.15) is 15.4 Å². The van der Waals surface area contributed by atoms with Crippen LogP contribution >= 0.6 is 0 Å². The van der Waals surface area contributed by atoms with Crippen LogP contribution < -0.4 is 0 Å². The molecular formula is C24H22N4O. The van der Waals surface area contributed by atoms with Gasteiger partial charge in [0.05, 0.1) is 5.69 Å². The Kier molecular flexibility index (Phi) is 4.56. The smallest absolute Gasteiger partial charge is 0.215 e. The molecule has 0 atom stereocenters. The third kappa shape index (κ3) is 3.29. The fourth-order valence-electron chi connectivity index (χ4n) is 4.20. The van der Waals surface area contributed by atoms with Crippen molar-refractivity contribution in [2.24, 2.45) is 0 Å². The number of hydrogen-bond acceptors (Lipinski definition) is 3. The highest BCUT2D eigenvalue weighted by Gasteiger charge is 2.25. The summed E-state index contributed by atoms with van der Waals surface area (Å²) in [6, 6.07) is 21.9. The maximum Gasteiger partial charge on any atom is 0.215 e. The number of benzene rings is 2. The molecule has 29 heavy (non-hydrogen) atoms. The Morgan fingerprint density at radius 2 is 1.66 bits per heavy atom. The minimum Gasteiger partial charge on any atom is -0.339 e. The largest absolute Gasteiger partial charge is 0.339 e. The first kappa shape index (κ1) is 17.6. The molecule has 5 nitrogen and oxygen atoms in total. The van der Waals surface area contributed by atoms with E-state index in [2.05, 4.69) is 50.3 Å². The number of carbonyl (C=O) groups is 1. The van der Waals surface area contributed by atoms with Gasteiger partial charge in [-0.15, -0.1) is 0 Å². The summed E-state index contributed by atoms with van der Waals surface area (Å²) in [4.78, 5) is 13.1. The summed E-state index contributed by atoms with van der Waals surface area (Å²) in [7, 11) is 0. The van der Waals surface area contributed by atoms with Gasteiger partial charge in [0.25, 0.3) is 0 Å². The van der Waals surface area contributed by atoms with Crippen molar-refractivity contribution in [2.45, 2.75) is 32.2 Å². The molecule has 0 saturated heterocycles. The number of hydrogen-bond donors (Lipinski definition) is 1. The maximum atomic E-state index is 13.1. The zero-order chi connectivity index (χ0) is 19.6. The van der Waals surface area contributed by atoms with Crippen LogP contribution in [0, 0.1) is 0 Å². The lowest BCUT2D eigenvalue weighted by Gasteiger charge is -2.17. The molecule has 2 aromatic heterocycles. The lowest BCUT2D eigenvalue weighted by Crippen LogP contribution is -2.11. The summed E-state index contributed by atoms with van der Waals surface area (Å²) in [5, 5.41) is 11.3. The van der Waals surface area contributed by atoms with Crippen molar-refractivity contribution in [2.75, 3.05) is 0 Å². The van der Waals surface area contributed by atoms with Crippen LogP contribution in [-0.2, 0) is 19.4 Å². The second kappa shape index (κ2) is 7.51. The second-order valence-electron chi connectivity index (χ2n) is 7.50. The molecule has 5 rings (SSSR count). The molecule has 1 N–H and O–H groups in total. The first-order chi connectivity index (χ1) is 14.3. The number of aromatic nitrogens is 4. The van der Waals surface area contributed by atoms with Gasteiger partial charge in [-0.3, -0.25) is 4.79 Å². The average Bonchev–Trinajstić information content (AvgIpc) is 3.40. The standard InChI is InChI=1S/C24H22N4O/c29-24(18-11-5-2-6-12-18)23-22(25-27-26-23)21-15-19-13-7-8-14-20(19)28(21)16-17-9-3-1-4-10-17/h1-6,9-12,15H,7-8,13-14,16H2,(H,25,26,27). The third-order valence-electron chi connectivity index (χ3n) is 5.63. The molecule has 0 amide bonds. The fraction of sp³-hybridized carbons (Fsp3) is 0.208. The molecule has 1 aliphatic carbocycles. The van der Waals surface area contributed by atoms with E-state index in [1.807, 2.05) is 36.4 Å². The predicted octanol–water partition coefficient (Wildman–Crippen LogP) is 4.43. The normalized spacial score (nSPS) is 13.2. The van der Waals surface area contributed by atoms with Crippen molar-refractivity contribution in [3.8, 4) is 11.4 Å². The molecule has 0 aliphatic heterocycles. The van der Waals surface area contributed by atoms with E-state index in [9.17, 15) is 4.79 Å². The van der Waals surface area contributed by atoms with Crippen LogP contribution in [0.5, 0.6) is 0 Å². The zero-order valence-electron chi connectivity index (χ0n) is 16.1. The number of H-pyrrole nitrogens is 1. The van der Waals surface area contributed by atoms with E-state index in [1.54, 1.807) is 0 Å². The summed E-state index contributed by atoms with van der Waals surface area (Å²) in [6.45, 7) is 0.761. The number of carbonyl (C=O) groups excluding carboxylic acids is 1. The Bertz CT molecular complexity index is 1140. The van der Waals surface area contributed by atoms with E-state index in [0.717, 1.165) is 25.1 Å². The lowest BCUT2D eigenvalue weighted by molar-refractivity contribution is 0.103. The van der Waals surface area contributed by atoms with Crippen LogP contribution in [0.2, 0.25) is 0 Å². The number of aryl methyl sites for hydroxylation is 1. The molecule has 5 heteroatoms. The van der Waals surface area contributed by atoms with E-state index < -0.39 is 0 Å². The Morgan fingerprint density at radius 3 is 2.45 bits per heavy atom. The van der Waals surface area contributed by atoms with Crippen molar-refractivity contribution in [1.29, 1.82) is 0 Å². The molecule has 0 spiro atoms. The summed E-state index contributed by atoms with van der Waals surface area (Å²) in [5.74, 6) is -0.111. The van der Waals surface area contributed by atoms with Crippen molar-refractivity contribution in [1.82, 2.24) is 20.0 Å². The molecule has 1 aliphatic rings. The second-order valence-corrected chi connectivity index (χ2v) is 7.50. The Morgan fingerprint density at radius 1 is 0.931 bits per heavy atom. The van der Waals surface area contributed by atoms with Gasteiger partial charge in [-0.25, -0.2) is 0 Å². The fourth-order valence-corrected chi connectivity index (χ4v) is 4.20. The maximum absolute atomic E-state index is 13.1. The van der Waals surface area contributed by atoms with Crippen LogP contribution in [0.3, 0.4) is 0 Å². The Labute approximate surface area is 169 Å². The van der Waals surface area contributed by atoms with E-state index in [-0.39, 0.29) is 5.78 Å². The highest BCUT2D eigenvalue weighted by atomic mass is 16.1. The highest BCUT2D eigenvalue weighted by molar-refractivity contribution is 6.10. The third-order valence-corrected chi connectivity index (χ3v) is 5.63. The molecule has 2 heterocycles. The van der Waals surface area contributed by atoms with Crippen molar-refractivity contribution in [3.63, 3.8) is 0 Å². The number of aromatic amines is 1. The van der Waals surface area contributed by atoms with Gasteiger partial charge in [-0.1, -0.05) is 60.7 Å². The molecule has 0 unspecified atom stereocenters. The number of nitrogens with one attached hydrogen (secondary N) is 1. The van der Waals surface area contributed by atoms with Crippen molar-refractivity contribution in [3.05, 3.63) is 94.8 Å². The molecule has 144 valence electrons. The lowest BCUT2D eigenvalue weighted by atomic mass is 9.98. The Hall–Kier alpha value is -3.47. The SMILES string of the molecule is O=C(c1ccccc1)c1n[nH]nc1-c1cc2c(n1Cc1ccccc1)CCCC2. The molecule has 0 fully saturated rings.